The van der Waals surface area contributed by atoms with Gasteiger partial charge < -0.3 is 10.1 Å². The third-order valence-electron chi connectivity index (χ3n) is 5.40. The summed E-state index contributed by atoms with van der Waals surface area (Å²) in [6.07, 6.45) is 1.09. The third-order valence-corrected chi connectivity index (χ3v) is 6.74. The Kier molecular flexibility index (Phi) is 8.24. The van der Waals surface area contributed by atoms with Gasteiger partial charge in [-0.3, -0.25) is 9.59 Å². The van der Waals surface area contributed by atoms with E-state index in [2.05, 4.69) is 10.3 Å². The van der Waals surface area contributed by atoms with Crippen molar-refractivity contribution in [2.45, 2.75) is 18.0 Å². The number of rotatable bonds is 9. The lowest BCUT2D eigenvalue weighted by Gasteiger charge is -2.09. The zero-order valence-corrected chi connectivity index (χ0v) is 20.9. The predicted molar refractivity (Wildman–Crippen MR) is 139 cm³/mol. The predicted octanol–water partition coefficient (Wildman–Crippen LogP) is 3.49. The van der Waals surface area contributed by atoms with Crippen LogP contribution in [0.3, 0.4) is 0 Å². The van der Waals surface area contributed by atoms with Gasteiger partial charge in [0.2, 0.25) is 0 Å². The van der Waals surface area contributed by atoms with Gasteiger partial charge in [-0.05, 0) is 47.5 Å². The fourth-order valence-corrected chi connectivity index (χ4v) is 4.33. The number of amides is 2. The first-order valence-corrected chi connectivity index (χ1v) is 13.0. The number of carbonyl (C=O) groups is 3. The van der Waals surface area contributed by atoms with E-state index in [9.17, 15) is 22.8 Å². The van der Waals surface area contributed by atoms with Crippen molar-refractivity contribution in [2.75, 3.05) is 0 Å². The van der Waals surface area contributed by atoms with E-state index in [1.165, 1.54) is 36.4 Å². The zero-order chi connectivity index (χ0) is 27.0. The number of hydrogen-bond acceptors (Lipinski definition) is 7. The van der Waals surface area contributed by atoms with E-state index < -0.39 is 21.9 Å². The molecule has 4 rings (SSSR count). The van der Waals surface area contributed by atoms with Crippen molar-refractivity contribution < 1.29 is 27.5 Å². The van der Waals surface area contributed by atoms with E-state index in [4.69, 9.17) is 4.74 Å². The van der Waals surface area contributed by atoms with Crippen molar-refractivity contribution in [3.63, 3.8) is 0 Å². The Balaban J connectivity index is 1.33. The minimum absolute atomic E-state index is 0.0264. The molecule has 0 aliphatic heterocycles. The molecule has 0 radical (unpaired) electrons. The Morgan fingerprint density at radius 2 is 1.32 bits per heavy atom. The highest BCUT2D eigenvalue weighted by Gasteiger charge is 2.20. The van der Waals surface area contributed by atoms with E-state index in [0.717, 1.165) is 17.3 Å². The molecule has 1 heterocycles. The highest BCUT2D eigenvalue weighted by Crippen LogP contribution is 2.13. The summed E-state index contributed by atoms with van der Waals surface area (Å²) in [6.45, 7) is 0.392. The molecule has 2 amide bonds. The smallest absolute Gasteiger partial charge is 0.357 e. The van der Waals surface area contributed by atoms with Crippen LogP contribution < -0.4 is 10.0 Å². The summed E-state index contributed by atoms with van der Waals surface area (Å²) in [5.41, 5.74) is 1.91. The molecule has 2 N–H and O–H groups in total. The quantitative estimate of drug-likeness (QED) is 0.317. The number of sulfonamides is 1. The van der Waals surface area contributed by atoms with Gasteiger partial charge in [0.25, 0.3) is 21.8 Å². The summed E-state index contributed by atoms with van der Waals surface area (Å²) < 4.78 is 32.5. The van der Waals surface area contributed by atoms with Crippen LogP contribution >= 0.6 is 0 Å². The zero-order valence-electron chi connectivity index (χ0n) is 20.0. The highest BCUT2D eigenvalue weighted by molar-refractivity contribution is 7.90. The number of nitrogens with zero attached hydrogens (tertiary/aromatic N) is 1. The molecule has 9 nitrogen and oxygen atoms in total. The molecule has 10 heteroatoms. The van der Waals surface area contributed by atoms with Gasteiger partial charge in [0.1, 0.15) is 12.3 Å². The first-order chi connectivity index (χ1) is 18.3. The second-order valence-electron chi connectivity index (χ2n) is 8.12. The van der Waals surface area contributed by atoms with Gasteiger partial charge in [-0.2, -0.15) is 0 Å². The molecular weight excluding hydrogens is 506 g/mol. The van der Waals surface area contributed by atoms with E-state index >= 15 is 0 Å². The fourth-order valence-electron chi connectivity index (χ4n) is 3.35. The molecule has 0 unspecified atom stereocenters. The molecule has 0 atom stereocenters. The van der Waals surface area contributed by atoms with Crippen molar-refractivity contribution >= 4 is 27.8 Å². The maximum Gasteiger partial charge on any atom is 0.357 e. The Hall–Kier alpha value is -4.83. The lowest BCUT2D eigenvalue weighted by molar-refractivity contribution is 0.0465. The fraction of sp³-hybridized carbons (Fsp3) is 0.0714. The van der Waals surface area contributed by atoms with E-state index in [1.807, 2.05) is 65.4 Å². The van der Waals surface area contributed by atoms with Gasteiger partial charge in [-0.25, -0.2) is 22.9 Å². The van der Waals surface area contributed by atoms with Crippen molar-refractivity contribution in [2.24, 2.45) is 0 Å². The molecule has 0 saturated carbocycles. The number of hydrogen-bond donors (Lipinski definition) is 2. The number of esters is 1. The Morgan fingerprint density at radius 1 is 0.711 bits per heavy atom. The van der Waals surface area contributed by atoms with E-state index in [0.29, 0.717) is 6.54 Å². The van der Waals surface area contributed by atoms with Crippen LogP contribution in [0.25, 0.3) is 0 Å². The molecule has 0 fully saturated rings. The second-order valence-corrected chi connectivity index (χ2v) is 9.80. The van der Waals surface area contributed by atoms with Gasteiger partial charge in [-0.15, -0.1) is 0 Å². The number of pyridine rings is 1. The maximum atomic E-state index is 12.7. The van der Waals surface area contributed by atoms with Crippen LogP contribution in [0.15, 0.2) is 108 Å². The summed E-state index contributed by atoms with van der Waals surface area (Å²) >= 11 is 0. The first-order valence-electron chi connectivity index (χ1n) is 11.5. The van der Waals surface area contributed by atoms with Crippen molar-refractivity contribution in [1.82, 2.24) is 15.0 Å². The Morgan fingerprint density at radius 3 is 1.92 bits per heavy atom. The molecule has 1 aromatic heterocycles. The van der Waals surface area contributed by atoms with Gasteiger partial charge in [-0.1, -0.05) is 60.7 Å². The van der Waals surface area contributed by atoms with Crippen LogP contribution in [0.5, 0.6) is 0 Å². The van der Waals surface area contributed by atoms with Crippen molar-refractivity contribution in [1.29, 1.82) is 0 Å². The topological polar surface area (TPSA) is 132 Å². The molecule has 0 saturated heterocycles. The standard InChI is InChI=1S/C28H23N3O6S/c32-26(30-17-20-7-3-1-4-8-20)22-11-14-24(15-12-22)38(35,36)31-27(33)23-13-16-25(29-18-23)28(34)37-19-21-9-5-2-6-10-21/h1-16,18H,17,19H2,(H,30,32)(H,31,33). The van der Waals surface area contributed by atoms with E-state index in [-0.39, 0.29) is 34.2 Å². The summed E-state index contributed by atoms with van der Waals surface area (Å²) in [7, 11) is -4.22. The average Bonchev–Trinajstić information content (AvgIpc) is 2.95. The molecule has 38 heavy (non-hydrogen) atoms. The number of benzene rings is 3. The normalized spacial score (nSPS) is 10.8. The Bertz CT molecular complexity index is 1520. The number of carbonyl (C=O) groups excluding carboxylic acids is 3. The molecule has 4 aromatic rings. The second kappa shape index (κ2) is 11.9. The lowest BCUT2D eigenvalue weighted by Crippen LogP contribution is -2.31. The van der Waals surface area contributed by atoms with Crippen molar-refractivity contribution in [3.8, 4) is 0 Å². The molecule has 0 aliphatic carbocycles. The molecule has 0 spiro atoms. The largest absolute Gasteiger partial charge is 0.456 e. The van der Waals surface area contributed by atoms with Crippen molar-refractivity contribution in [3.05, 3.63) is 131 Å². The molecule has 192 valence electrons. The number of ether oxygens (including phenoxy) is 1. The average molecular weight is 530 g/mol. The van der Waals surface area contributed by atoms with Gasteiger partial charge in [0.15, 0.2) is 0 Å². The molecular formula is C28H23N3O6S. The summed E-state index contributed by atoms with van der Waals surface area (Å²) in [5.74, 6) is -1.97. The van der Waals surface area contributed by atoms with Crippen LogP contribution in [-0.4, -0.2) is 31.2 Å². The summed E-state index contributed by atoms with van der Waals surface area (Å²) in [6, 6.07) is 26.2. The van der Waals surface area contributed by atoms with Crippen LogP contribution in [0.4, 0.5) is 0 Å². The summed E-state index contributed by atoms with van der Waals surface area (Å²) in [5, 5.41) is 2.76. The molecule has 0 aliphatic rings. The highest BCUT2D eigenvalue weighted by atomic mass is 32.2. The molecule has 0 bridgehead atoms. The van der Waals surface area contributed by atoms with Gasteiger partial charge >= 0.3 is 5.97 Å². The first kappa shape index (κ1) is 26.2. The monoisotopic (exact) mass is 529 g/mol. The van der Waals surface area contributed by atoms with Crippen LogP contribution in [0.1, 0.15) is 42.3 Å². The van der Waals surface area contributed by atoms with Gasteiger partial charge in [0.05, 0.1) is 10.5 Å². The van der Waals surface area contributed by atoms with Crippen LogP contribution in [0, 0.1) is 0 Å². The SMILES string of the molecule is O=C(NCc1ccccc1)c1ccc(S(=O)(=O)NC(=O)c2ccc(C(=O)OCc3ccccc3)nc2)cc1. The van der Waals surface area contributed by atoms with E-state index in [1.54, 1.807) is 0 Å². The Labute approximate surface area is 219 Å². The summed E-state index contributed by atoms with van der Waals surface area (Å²) in [4.78, 5) is 40.8. The minimum atomic E-state index is -4.22. The minimum Gasteiger partial charge on any atom is -0.456 e. The van der Waals surface area contributed by atoms with Crippen LogP contribution in [-0.2, 0) is 27.9 Å². The molecule has 3 aromatic carbocycles. The van der Waals surface area contributed by atoms with Gasteiger partial charge in [0, 0.05) is 18.3 Å². The number of aromatic nitrogens is 1. The maximum absolute atomic E-state index is 12.7. The third kappa shape index (κ3) is 6.89. The lowest BCUT2D eigenvalue weighted by atomic mass is 10.2. The number of nitrogens with one attached hydrogen (secondary N) is 2. The van der Waals surface area contributed by atoms with Crippen LogP contribution in [0.2, 0.25) is 0 Å².